The smallest absolute Gasteiger partial charge is 0.0405 e. The fourth-order valence-electron chi connectivity index (χ4n) is 6.95. The van der Waals surface area contributed by atoms with E-state index in [1.165, 1.54) is 33.4 Å². The van der Waals surface area contributed by atoms with Crippen LogP contribution in [0.1, 0.15) is 22.3 Å². The monoisotopic (exact) mass is 818 g/mol. The van der Waals surface area contributed by atoms with Gasteiger partial charge in [0.2, 0.25) is 0 Å². The van der Waals surface area contributed by atoms with Gasteiger partial charge in [-0.2, -0.15) is 0 Å². The number of halogens is 2. The predicted molar refractivity (Wildman–Crippen MR) is 237 cm³/mol. The molecule has 8 aromatic carbocycles. The lowest BCUT2D eigenvalue weighted by Gasteiger charge is -2.14. The molecule has 0 aliphatic carbocycles. The second kappa shape index (κ2) is 16.5. The van der Waals surface area contributed by atoms with Crippen molar-refractivity contribution in [2.24, 2.45) is 0 Å². The van der Waals surface area contributed by atoms with Crippen LogP contribution in [0.5, 0.6) is 0 Å². The standard InChI is InChI=1S/C52H36Br2/c53-35-37-17-21-43(22-18-37)47-13-7-15-49(45-29-25-41(26-30-45)39-9-3-1-4-10-39)51(47)33-34-52-48(44-23-19-38(36-54)20-24-44)14-8-16-50(52)46-31-27-42(28-32-46)40-11-5-2-6-12-40/h1-32H,35-36H2. The first kappa shape index (κ1) is 35.3. The summed E-state index contributed by atoms with van der Waals surface area (Å²) in [4.78, 5) is 0. The second-order valence-corrected chi connectivity index (χ2v) is 14.4. The number of benzene rings is 8. The number of hydrogen-bond donors (Lipinski definition) is 0. The van der Waals surface area contributed by atoms with E-state index >= 15 is 0 Å². The quantitative estimate of drug-likeness (QED) is 0.106. The molecule has 0 bridgehead atoms. The molecule has 0 N–H and O–H groups in total. The van der Waals surface area contributed by atoms with E-state index in [-0.39, 0.29) is 0 Å². The van der Waals surface area contributed by atoms with Crippen LogP contribution in [0.3, 0.4) is 0 Å². The van der Waals surface area contributed by atoms with Crippen LogP contribution in [0, 0.1) is 11.8 Å². The summed E-state index contributed by atoms with van der Waals surface area (Å²) in [5, 5.41) is 1.63. The van der Waals surface area contributed by atoms with Gasteiger partial charge in [-0.3, -0.25) is 0 Å². The van der Waals surface area contributed by atoms with Crippen molar-refractivity contribution in [3.63, 3.8) is 0 Å². The van der Waals surface area contributed by atoms with E-state index in [9.17, 15) is 0 Å². The molecule has 54 heavy (non-hydrogen) atoms. The fraction of sp³-hybridized carbons (Fsp3) is 0.0385. The van der Waals surface area contributed by atoms with Gasteiger partial charge in [0.1, 0.15) is 0 Å². The lowest BCUT2D eigenvalue weighted by atomic mass is 9.89. The molecule has 8 aromatic rings. The van der Waals surface area contributed by atoms with Crippen molar-refractivity contribution < 1.29 is 0 Å². The zero-order valence-corrected chi connectivity index (χ0v) is 32.8. The summed E-state index contributed by atoms with van der Waals surface area (Å²) in [5.74, 6) is 7.57. The molecule has 0 fully saturated rings. The first-order valence-corrected chi connectivity index (χ1v) is 20.3. The molecule has 0 aliphatic rings. The van der Waals surface area contributed by atoms with Crippen LogP contribution in [-0.4, -0.2) is 0 Å². The molecule has 0 saturated heterocycles. The Morgan fingerprint density at radius 1 is 0.259 bits per heavy atom. The molecule has 0 aliphatic heterocycles. The third kappa shape index (κ3) is 7.66. The van der Waals surface area contributed by atoms with Gasteiger partial charge in [-0.25, -0.2) is 0 Å². The molecule has 0 spiro atoms. The van der Waals surface area contributed by atoms with Crippen molar-refractivity contribution >= 4 is 31.9 Å². The predicted octanol–water partition coefficient (Wildman–Crippen LogP) is 14.9. The van der Waals surface area contributed by atoms with E-state index in [1.54, 1.807) is 0 Å². The molecule has 0 aromatic heterocycles. The van der Waals surface area contributed by atoms with Gasteiger partial charge in [-0.15, -0.1) is 0 Å². The second-order valence-electron chi connectivity index (χ2n) is 13.3. The third-order valence-electron chi connectivity index (χ3n) is 9.89. The van der Waals surface area contributed by atoms with Gasteiger partial charge in [-0.05, 0) is 77.9 Å². The summed E-state index contributed by atoms with van der Waals surface area (Å²) in [6, 6.07) is 69.5. The Hall–Kier alpha value is -5.72. The van der Waals surface area contributed by atoms with Crippen LogP contribution in [0.15, 0.2) is 194 Å². The van der Waals surface area contributed by atoms with E-state index < -0.39 is 0 Å². The van der Waals surface area contributed by atoms with E-state index in [0.717, 1.165) is 66.3 Å². The van der Waals surface area contributed by atoms with Crippen LogP contribution in [0.25, 0.3) is 66.8 Å². The highest BCUT2D eigenvalue weighted by atomic mass is 79.9. The van der Waals surface area contributed by atoms with Crippen molar-refractivity contribution in [3.8, 4) is 78.6 Å². The zero-order valence-electron chi connectivity index (χ0n) is 29.6. The summed E-state index contributed by atoms with van der Waals surface area (Å²) in [6.07, 6.45) is 0. The Kier molecular flexibility index (Phi) is 10.8. The highest BCUT2D eigenvalue weighted by molar-refractivity contribution is 9.08. The van der Waals surface area contributed by atoms with Crippen LogP contribution >= 0.6 is 31.9 Å². The average molecular weight is 821 g/mol. The van der Waals surface area contributed by atoms with E-state index in [1.807, 2.05) is 0 Å². The van der Waals surface area contributed by atoms with Crippen molar-refractivity contribution in [1.82, 2.24) is 0 Å². The van der Waals surface area contributed by atoms with Gasteiger partial charge in [-0.1, -0.05) is 238 Å². The van der Waals surface area contributed by atoms with Gasteiger partial charge in [0.25, 0.3) is 0 Å². The first-order chi connectivity index (χ1) is 26.7. The molecule has 258 valence electrons. The molecule has 0 unspecified atom stereocenters. The van der Waals surface area contributed by atoms with Crippen molar-refractivity contribution in [2.45, 2.75) is 10.7 Å². The van der Waals surface area contributed by atoms with Crippen LogP contribution < -0.4 is 0 Å². The third-order valence-corrected chi connectivity index (χ3v) is 11.2. The molecule has 0 atom stereocenters. The summed E-state index contributed by atoms with van der Waals surface area (Å²) in [5.41, 5.74) is 18.3. The highest BCUT2D eigenvalue weighted by Gasteiger charge is 2.14. The maximum Gasteiger partial charge on any atom is 0.0405 e. The van der Waals surface area contributed by atoms with E-state index in [0.29, 0.717) is 0 Å². The van der Waals surface area contributed by atoms with Gasteiger partial charge in [0, 0.05) is 21.8 Å². The first-order valence-electron chi connectivity index (χ1n) is 18.1. The minimum Gasteiger partial charge on any atom is -0.0876 e. The van der Waals surface area contributed by atoms with Gasteiger partial charge in [0.15, 0.2) is 0 Å². The SMILES string of the molecule is BrCc1ccc(-c2cccc(-c3ccc(-c4ccccc4)cc3)c2C#Cc2c(-c3ccc(CBr)cc3)cccc2-c2ccc(-c3ccccc3)cc2)cc1. The molecule has 0 amide bonds. The maximum atomic E-state index is 3.78. The van der Waals surface area contributed by atoms with Crippen molar-refractivity contribution in [3.05, 3.63) is 216 Å². The zero-order chi connectivity index (χ0) is 36.7. The molecular weight excluding hydrogens is 784 g/mol. The van der Waals surface area contributed by atoms with E-state index in [2.05, 4.69) is 238 Å². The summed E-state index contributed by atoms with van der Waals surface area (Å²) in [7, 11) is 0. The molecule has 0 nitrogen and oxygen atoms in total. The van der Waals surface area contributed by atoms with Crippen LogP contribution in [0.4, 0.5) is 0 Å². The highest BCUT2D eigenvalue weighted by Crippen LogP contribution is 2.36. The van der Waals surface area contributed by atoms with E-state index in [4.69, 9.17) is 0 Å². The summed E-state index contributed by atoms with van der Waals surface area (Å²) in [6.45, 7) is 0. The van der Waals surface area contributed by atoms with Gasteiger partial charge in [0.05, 0.1) is 0 Å². The largest absolute Gasteiger partial charge is 0.0876 e. The average Bonchev–Trinajstić information content (AvgIpc) is 3.26. The summed E-state index contributed by atoms with van der Waals surface area (Å²) >= 11 is 7.24. The Balaban J connectivity index is 1.31. The van der Waals surface area contributed by atoms with Crippen LogP contribution in [-0.2, 0) is 10.7 Å². The molecule has 0 radical (unpaired) electrons. The Morgan fingerprint density at radius 2 is 0.519 bits per heavy atom. The molecular formula is C52H36Br2. The topological polar surface area (TPSA) is 0 Å². The minimum absolute atomic E-state index is 0.816. The maximum absolute atomic E-state index is 3.78. The fourth-order valence-corrected chi connectivity index (χ4v) is 7.70. The molecule has 0 saturated carbocycles. The molecule has 2 heteroatoms. The summed E-state index contributed by atoms with van der Waals surface area (Å²) < 4.78 is 0. The molecule has 0 heterocycles. The minimum atomic E-state index is 0.816. The van der Waals surface area contributed by atoms with Crippen molar-refractivity contribution in [1.29, 1.82) is 0 Å². The lowest BCUT2D eigenvalue weighted by molar-refractivity contribution is 1.43. The Bertz CT molecular complexity index is 2380. The number of hydrogen-bond acceptors (Lipinski definition) is 0. The number of rotatable bonds is 8. The number of alkyl halides is 2. The Morgan fingerprint density at radius 3 is 0.815 bits per heavy atom. The van der Waals surface area contributed by atoms with Gasteiger partial charge < -0.3 is 0 Å². The van der Waals surface area contributed by atoms with Gasteiger partial charge >= 0.3 is 0 Å². The molecule has 8 rings (SSSR count). The normalized spacial score (nSPS) is 10.8. The van der Waals surface area contributed by atoms with Crippen LogP contribution in [0.2, 0.25) is 0 Å². The Labute approximate surface area is 335 Å². The lowest BCUT2D eigenvalue weighted by Crippen LogP contribution is -1.93. The van der Waals surface area contributed by atoms with Crippen molar-refractivity contribution in [2.75, 3.05) is 0 Å².